The van der Waals surface area contributed by atoms with Gasteiger partial charge in [0.2, 0.25) is 0 Å². The summed E-state index contributed by atoms with van der Waals surface area (Å²) < 4.78 is 0.969. The molecular formula is C16H20N2O2S. The van der Waals surface area contributed by atoms with Crippen LogP contribution in [0, 0.1) is 5.92 Å². The molecule has 0 unspecified atom stereocenters. The second kappa shape index (κ2) is 5.93. The van der Waals surface area contributed by atoms with E-state index in [2.05, 4.69) is 17.6 Å². The molecular weight excluding hydrogens is 284 g/mol. The second-order valence-electron chi connectivity index (χ2n) is 5.89. The van der Waals surface area contributed by atoms with Crippen LogP contribution in [0.3, 0.4) is 0 Å². The summed E-state index contributed by atoms with van der Waals surface area (Å²) in [5.74, 6) is 1.03. The number of phenolic OH excluding ortho intramolecular Hbond substituents is 1. The minimum atomic E-state index is -0.134. The maximum absolute atomic E-state index is 12.0. The van der Waals surface area contributed by atoms with Gasteiger partial charge in [0.05, 0.1) is 5.00 Å². The Hall–Kier alpha value is -1.75. The molecule has 4 nitrogen and oxygen atoms in total. The average molecular weight is 304 g/mol. The molecule has 1 saturated carbocycles. The zero-order chi connectivity index (χ0) is 14.8. The first kappa shape index (κ1) is 14.2. The van der Waals surface area contributed by atoms with Gasteiger partial charge in [-0.25, -0.2) is 4.79 Å². The van der Waals surface area contributed by atoms with Gasteiger partial charge in [-0.3, -0.25) is 5.32 Å². The molecule has 1 aliphatic rings. The number of hydrogen-bond acceptors (Lipinski definition) is 3. The Morgan fingerprint density at radius 2 is 2.00 bits per heavy atom. The van der Waals surface area contributed by atoms with E-state index in [9.17, 15) is 9.90 Å². The first-order valence-corrected chi connectivity index (χ1v) is 8.22. The van der Waals surface area contributed by atoms with Crippen molar-refractivity contribution in [2.45, 2.75) is 38.6 Å². The summed E-state index contributed by atoms with van der Waals surface area (Å²) in [5.41, 5.74) is 0. The molecule has 3 N–H and O–H groups in total. The topological polar surface area (TPSA) is 61.4 Å². The van der Waals surface area contributed by atoms with Gasteiger partial charge < -0.3 is 10.4 Å². The highest BCUT2D eigenvalue weighted by molar-refractivity contribution is 7.23. The van der Waals surface area contributed by atoms with E-state index in [1.54, 1.807) is 12.1 Å². The van der Waals surface area contributed by atoms with Crippen LogP contribution in [0.4, 0.5) is 9.80 Å². The Labute approximate surface area is 128 Å². The fourth-order valence-corrected chi connectivity index (χ4v) is 3.81. The van der Waals surface area contributed by atoms with Crippen molar-refractivity contribution in [2.24, 2.45) is 5.92 Å². The van der Waals surface area contributed by atoms with Crippen molar-refractivity contribution in [3.05, 3.63) is 24.3 Å². The summed E-state index contributed by atoms with van der Waals surface area (Å²) >= 11 is 1.47. The number of fused-ring (bicyclic) bond motifs is 1. The van der Waals surface area contributed by atoms with E-state index >= 15 is 0 Å². The Kier molecular flexibility index (Phi) is 4.01. The van der Waals surface area contributed by atoms with Crippen LogP contribution in [0.1, 0.15) is 32.6 Å². The van der Waals surface area contributed by atoms with E-state index in [-0.39, 0.29) is 11.8 Å². The Bertz CT molecular complexity index is 645. The number of nitrogens with one attached hydrogen (secondary N) is 2. The zero-order valence-electron chi connectivity index (χ0n) is 12.1. The molecule has 0 saturated heterocycles. The first-order valence-electron chi connectivity index (χ1n) is 7.40. The highest BCUT2D eigenvalue weighted by atomic mass is 32.1. The van der Waals surface area contributed by atoms with Crippen molar-refractivity contribution in [3.63, 3.8) is 0 Å². The van der Waals surface area contributed by atoms with Crippen LogP contribution in [-0.2, 0) is 0 Å². The lowest BCUT2D eigenvalue weighted by atomic mass is 9.87. The molecule has 0 atom stereocenters. The molecule has 1 heterocycles. The van der Waals surface area contributed by atoms with Crippen LogP contribution < -0.4 is 10.6 Å². The molecule has 0 spiro atoms. The fourth-order valence-electron chi connectivity index (χ4n) is 2.82. The number of amides is 2. The van der Waals surface area contributed by atoms with E-state index in [0.717, 1.165) is 33.8 Å². The molecule has 1 aliphatic carbocycles. The Morgan fingerprint density at radius 1 is 1.24 bits per heavy atom. The molecule has 0 aliphatic heterocycles. The number of carbonyl (C=O) groups is 1. The van der Waals surface area contributed by atoms with Gasteiger partial charge in [-0.05, 0) is 61.3 Å². The average Bonchev–Trinajstić information content (AvgIpc) is 2.82. The Balaban J connectivity index is 1.60. The van der Waals surface area contributed by atoms with E-state index in [4.69, 9.17) is 0 Å². The molecule has 5 heteroatoms. The number of thiophene rings is 1. The first-order chi connectivity index (χ1) is 10.1. The molecule has 2 amide bonds. The predicted octanol–water partition coefficient (Wildman–Crippen LogP) is 4.31. The zero-order valence-corrected chi connectivity index (χ0v) is 12.9. The van der Waals surface area contributed by atoms with Crippen LogP contribution in [0.15, 0.2) is 24.3 Å². The normalized spacial score (nSPS) is 22.1. The molecule has 1 fully saturated rings. The van der Waals surface area contributed by atoms with E-state index < -0.39 is 0 Å². The number of phenols is 1. The number of hydrogen-bond donors (Lipinski definition) is 3. The summed E-state index contributed by atoms with van der Waals surface area (Å²) in [5, 5.41) is 17.2. The quantitative estimate of drug-likeness (QED) is 0.774. The number of aromatic hydroxyl groups is 1. The van der Waals surface area contributed by atoms with E-state index in [1.165, 1.54) is 24.2 Å². The summed E-state index contributed by atoms with van der Waals surface area (Å²) in [4.78, 5) is 12.0. The van der Waals surface area contributed by atoms with Gasteiger partial charge >= 0.3 is 6.03 Å². The lowest BCUT2D eigenvalue weighted by Crippen LogP contribution is -2.39. The largest absolute Gasteiger partial charge is 0.508 e. The molecule has 0 radical (unpaired) electrons. The standard InChI is InChI=1S/C16H20N2O2S/c1-10-2-5-12(6-3-10)17-16(20)18-15-8-11-4-7-13(19)9-14(11)21-15/h4,7-10,12,19H,2-3,5-6H2,1H3,(H2,17,18,20). The van der Waals surface area contributed by atoms with Crippen LogP contribution in [0.25, 0.3) is 10.1 Å². The van der Waals surface area contributed by atoms with Crippen molar-refractivity contribution in [2.75, 3.05) is 5.32 Å². The van der Waals surface area contributed by atoms with E-state index in [1.807, 2.05) is 12.1 Å². The van der Waals surface area contributed by atoms with E-state index in [0.29, 0.717) is 6.04 Å². The van der Waals surface area contributed by atoms with Crippen molar-refractivity contribution >= 4 is 32.5 Å². The van der Waals surface area contributed by atoms with Gasteiger partial charge in [0, 0.05) is 10.7 Å². The molecule has 3 rings (SSSR count). The molecule has 1 aromatic carbocycles. The monoisotopic (exact) mass is 304 g/mol. The molecule has 21 heavy (non-hydrogen) atoms. The minimum absolute atomic E-state index is 0.134. The van der Waals surface area contributed by atoms with Gasteiger partial charge in [-0.2, -0.15) is 0 Å². The van der Waals surface area contributed by atoms with Gasteiger partial charge in [0.15, 0.2) is 0 Å². The fraction of sp³-hybridized carbons (Fsp3) is 0.438. The van der Waals surface area contributed by atoms with Gasteiger partial charge in [-0.1, -0.05) is 6.92 Å². The summed E-state index contributed by atoms with van der Waals surface area (Å²) in [6.45, 7) is 2.27. The Morgan fingerprint density at radius 3 is 2.76 bits per heavy atom. The van der Waals surface area contributed by atoms with Crippen molar-refractivity contribution in [3.8, 4) is 5.75 Å². The smallest absolute Gasteiger partial charge is 0.320 e. The highest BCUT2D eigenvalue weighted by Gasteiger charge is 2.19. The van der Waals surface area contributed by atoms with Crippen LogP contribution in [-0.4, -0.2) is 17.2 Å². The lowest BCUT2D eigenvalue weighted by molar-refractivity contribution is 0.239. The minimum Gasteiger partial charge on any atom is -0.508 e. The molecule has 1 aromatic heterocycles. The summed E-state index contributed by atoms with van der Waals surface area (Å²) in [6.07, 6.45) is 4.50. The number of carbonyl (C=O) groups excluding carboxylic acids is 1. The third-order valence-corrected chi connectivity index (χ3v) is 5.10. The van der Waals surface area contributed by atoms with Gasteiger partial charge in [0.25, 0.3) is 0 Å². The third-order valence-electron chi connectivity index (χ3n) is 4.09. The van der Waals surface area contributed by atoms with Gasteiger partial charge in [0.1, 0.15) is 5.75 Å². The number of benzene rings is 1. The summed E-state index contributed by atoms with van der Waals surface area (Å²) in [6, 6.07) is 7.31. The molecule has 2 aromatic rings. The third kappa shape index (κ3) is 3.47. The van der Waals surface area contributed by atoms with Crippen molar-refractivity contribution in [1.29, 1.82) is 0 Å². The van der Waals surface area contributed by atoms with Gasteiger partial charge in [-0.15, -0.1) is 11.3 Å². The number of anilines is 1. The number of rotatable bonds is 2. The SMILES string of the molecule is CC1CCC(NC(=O)Nc2cc3ccc(O)cc3s2)CC1. The predicted molar refractivity (Wildman–Crippen MR) is 87.1 cm³/mol. The highest BCUT2D eigenvalue weighted by Crippen LogP contribution is 2.32. The maximum atomic E-state index is 12.0. The van der Waals surface area contributed by atoms with Crippen molar-refractivity contribution < 1.29 is 9.90 Å². The van der Waals surface area contributed by atoms with Crippen LogP contribution >= 0.6 is 11.3 Å². The van der Waals surface area contributed by atoms with Crippen LogP contribution in [0.5, 0.6) is 5.75 Å². The van der Waals surface area contributed by atoms with Crippen LogP contribution in [0.2, 0.25) is 0 Å². The molecule has 0 bridgehead atoms. The summed E-state index contributed by atoms with van der Waals surface area (Å²) in [7, 11) is 0. The lowest BCUT2D eigenvalue weighted by Gasteiger charge is -2.26. The van der Waals surface area contributed by atoms with Crippen molar-refractivity contribution in [1.82, 2.24) is 5.32 Å². The molecule has 112 valence electrons. The second-order valence-corrected chi connectivity index (χ2v) is 6.97. The maximum Gasteiger partial charge on any atom is 0.320 e. The number of urea groups is 1.